The van der Waals surface area contributed by atoms with E-state index in [4.69, 9.17) is 15.2 Å². The number of amidine groups is 1. The Hall–Kier alpha value is -2.45. The van der Waals surface area contributed by atoms with E-state index in [9.17, 15) is 18.0 Å². The van der Waals surface area contributed by atoms with Crippen molar-refractivity contribution in [2.24, 2.45) is 10.7 Å². The van der Waals surface area contributed by atoms with Crippen LogP contribution in [0.4, 0.5) is 23.7 Å². The molecule has 6 nitrogen and oxygen atoms in total. The summed E-state index contributed by atoms with van der Waals surface area (Å²) in [6.07, 6.45) is -6.30. The number of benzene rings is 1. The summed E-state index contributed by atoms with van der Waals surface area (Å²) in [6, 6.07) is 4.35. The highest BCUT2D eigenvalue weighted by molar-refractivity contribution is 5.89. The Morgan fingerprint density at radius 3 is 2.64 bits per heavy atom. The smallest absolute Gasteiger partial charge is 0.408 e. The van der Waals surface area contributed by atoms with Gasteiger partial charge < -0.3 is 20.5 Å². The molecule has 0 aromatic heterocycles. The summed E-state index contributed by atoms with van der Waals surface area (Å²) in [4.78, 5) is 16.4. The van der Waals surface area contributed by atoms with Crippen molar-refractivity contribution in [3.05, 3.63) is 23.8 Å². The number of halogens is 3. The van der Waals surface area contributed by atoms with E-state index in [0.717, 1.165) is 0 Å². The number of fused-ring (bicyclic) bond motifs is 1. The Morgan fingerprint density at radius 2 is 2.04 bits per heavy atom. The second-order valence-corrected chi connectivity index (χ2v) is 7.73. The van der Waals surface area contributed by atoms with Gasteiger partial charge in [0.2, 0.25) is 0 Å². The third kappa shape index (κ3) is 6.61. The predicted molar refractivity (Wildman–Crippen MR) is 99.8 cm³/mol. The molecule has 1 aromatic carbocycles. The maximum absolute atomic E-state index is 12.5. The molecule has 0 aliphatic carbocycles. The summed E-state index contributed by atoms with van der Waals surface area (Å²) in [5.41, 5.74) is 6.16. The first-order valence-electron chi connectivity index (χ1n) is 9.05. The summed E-state index contributed by atoms with van der Waals surface area (Å²) in [7, 11) is 0. The van der Waals surface area contributed by atoms with Crippen LogP contribution in [0.1, 0.15) is 58.6 Å². The number of nitrogens with two attached hydrogens (primary N) is 1. The van der Waals surface area contributed by atoms with Crippen LogP contribution < -0.4 is 15.8 Å². The number of hydrogen-bond donors (Lipinski definition) is 2. The Balaban J connectivity index is 2.21. The summed E-state index contributed by atoms with van der Waals surface area (Å²) in [5.74, 6) is 0.829. The average Bonchev–Trinajstić information content (AvgIpc) is 2.51. The molecule has 3 N–H and O–H groups in total. The van der Waals surface area contributed by atoms with Crippen LogP contribution in [0.25, 0.3) is 0 Å². The lowest BCUT2D eigenvalue weighted by atomic mass is 9.99. The molecule has 1 amide bonds. The molecule has 0 fully saturated rings. The van der Waals surface area contributed by atoms with E-state index >= 15 is 0 Å². The minimum absolute atomic E-state index is 0.0913. The molecule has 9 heteroatoms. The second kappa shape index (κ2) is 8.28. The number of alkyl halides is 3. The molecule has 0 bridgehead atoms. The molecule has 1 aromatic rings. The lowest BCUT2D eigenvalue weighted by Gasteiger charge is -2.26. The van der Waals surface area contributed by atoms with Gasteiger partial charge in [0, 0.05) is 6.42 Å². The fourth-order valence-corrected chi connectivity index (χ4v) is 2.70. The van der Waals surface area contributed by atoms with Crippen LogP contribution in [0.5, 0.6) is 5.75 Å². The number of carbonyl (C=O) groups is 1. The van der Waals surface area contributed by atoms with Gasteiger partial charge in [-0.2, -0.15) is 13.2 Å². The molecule has 2 rings (SSSR count). The van der Waals surface area contributed by atoms with E-state index in [-0.39, 0.29) is 18.9 Å². The van der Waals surface area contributed by atoms with Crippen molar-refractivity contribution in [3.63, 3.8) is 0 Å². The number of ether oxygens (including phenoxy) is 2. The Labute approximate surface area is 162 Å². The molecular formula is C19H26F3N3O3. The summed E-state index contributed by atoms with van der Waals surface area (Å²) >= 11 is 0. The molecule has 1 aliphatic heterocycles. The Morgan fingerprint density at radius 1 is 1.36 bits per heavy atom. The maximum Gasteiger partial charge on any atom is 0.408 e. The van der Waals surface area contributed by atoms with Crippen molar-refractivity contribution in [1.29, 1.82) is 0 Å². The zero-order valence-corrected chi connectivity index (χ0v) is 16.4. The molecule has 28 heavy (non-hydrogen) atoms. The molecule has 0 saturated carbocycles. The monoisotopic (exact) mass is 401 g/mol. The van der Waals surface area contributed by atoms with Crippen molar-refractivity contribution in [3.8, 4) is 5.75 Å². The highest BCUT2D eigenvalue weighted by Gasteiger charge is 2.28. The minimum Gasteiger partial charge on any atom is -0.481 e. The van der Waals surface area contributed by atoms with E-state index < -0.39 is 30.3 Å². The number of nitrogens with one attached hydrogen (secondary N) is 1. The molecule has 0 radical (unpaired) electrons. The lowest BCUT2D eigenvalue weighted by Crippen LogP contribution is -2.35. The van der Waals surface area contributed by atoms with Gasteiger partial charge in [-0.05, 0) is 58.2 Å². The average molecular weight is 401 g/mol. The minimum atomic E-state index is -4.25. The highest BCUT2D eigenvalue weighted by atomic mass is 19.4. The van der Waals surface area contributed by atoms with Crippen LogP contribution in [-0.4, -0.2) is 29.8 Å². The van der Waals surface area contributed by atoms with Gasteiger partial charge in [-0.1, -0.05) is 6.07 Å². The fourth-order valence-electron chi connectivity index (χ4n) is 2.70. The third-order valence-corrected chi connectivity index (χ3v) is 4.00. The largest absolute Gasteiger partial charge is 0.481 e. The first kappa shape index (κ1) is 21.8. The predicted octanol–water partition coefficient (Wildman–Crippen LogP) is 4.75. The number of hydrogen-bond acceptors (Lipinski definition) is 5. The highest BCUT2D eigenvalue weighted by Crippen LogP contribution is 2.36. The van der Waals surface area contributed by atoms with Gasteiger partial charge in [-0.15, -0.1) is 0 Å². The quantitative estimate of drug-likeness (QED) is 0.745. The van der Waals surface area contributed by atoms with Crippen molar-refractivity contribution in [1.82, 2.24) is 5.32 Å². The van der Waals surface area contributed by atoms with E-state index in [1.807, 2.05) is 0 Å². The van der Waals surface area contributed by atoms with Crippen LogP contribution in [0.3, 0.4) is 0 Å². The molecule has 0 saturated heterocycles. The van der Waals surface area contributed by atoms with Crippen LogP contribution in [0.15, 0.2) is 23.2 Å². The van der Waals surface area contributed by atoms with E-state index in [1.54, 1.807) is 45.9 Å². The van der Waals surface area contributed by atoms with Crippen molar-refractivity contribution < 1.29 is 27.4 Å². The molecule has 1 unspecified atom stereocenters. The van der Waals surface area contributed by atoms with Gasteiger partial charge in [-0.25, -0.2) is 9.79 Å². The molecular weight excluding hydrogens is 375 g/mol. The number of amides is 1. The van der Waals surface area contributed by atoms with Crippen LogP contribution in [0, 0.1) is 0 Å². The van der Waals surface area contributed by atoms with Crippen molar-refractivity contribution >= 4 is 17.6 Å². The molecule has 2 atom stereocenters. The topological polar surface area (TPSA) is 85.9 Å². The van der Waals surface area contributed by atoms with Crippen LogP contribution >= 0.6 is 0 Å². The van der Waals surface area contributed by atoms with Crippen molar-refractivity contribution in [2.75, 3.05) is 0 Å². The maximum atomic E-state index is 12.5. The van der Waals surface area contributed by atoms with Gasteiger partial charge in [-0.3, -0.25) is 0 Å². The second-order valence-electron chi connectivity index (χ2n) is 7.73. The Kier molecular flexibility index (Phi) is 6.46. The van der Waals surface area contributed by atoms with Crippen LogP contribution in [0.2, 0.25) is 0 Å². The zero-order chi connectivity index (χ0) is 21.1. The normalized spacial score (nSPS) is 17.8. The summed E-state index contributed by atoms with van der Waals surface area (Å²) in [6.45, 7) is 6.89. The first-order valence-corrected chi connectivity index (χ1v) is 9.05. The molecule has 1 heterocycles. The SMILES string of the molecule is C[C@H]1Oc2ccc(C(CCCC(F)(F)F)NC(=O)OC(C)(C)C)cc2N=C1N. The number of aliphatic imine (C=N–C) groups is 1. The zero-order valence-electron chi connectivity index (χ0n) is 16.4. The Bertz CT molecular complexity index is 742. The van der Waals surface area contributed by atoms with Gasteiger partial charge in [0.05, 0.1) is 6.04 Å². The van der Waals surface area contributed by atoms with E-state index in [2.05, 4.69) is 10.3 Å². The summed E-state index contributed by atoms with van der Waals surface area (Å²) in [5, 5.41) is 2.65. The van der Waals surface area contributed by atoms with Gasteiger partial charge in [0.15, 0.2) is 6.10 Å². The molecule has 1 aliphatic rings. The van der Waals surface area contributed by atoms with Gasteiger partial charge in [0.25, 0.3) is 0 Å². The van der Waals surface area contributed by atoms with E-state index in [1.165, 1.54) is 0 Å². The number of nitrogens with zero attached hydrogens (tertiary/aromatic N) is 1. The van der Waals surface area contributed by atoms with Crippen molar-refractivity contribution in [2.45, 2.75) is 70.9 Å². The number of rotatable bonds is 5. The lowest BCUT2D eigenvalue weighted by molar-refractivity contribution is -0.135. The first-order chi connectivity index (χ1) is 12.8. The summed E-state index contributed by atoms with van der Waals surface area (Å²) < 4.78 is 48.5. The number of alkyl carbamates (subject to hydrolysis) is 1. The van der Waals surface area contributed by atoms with Gasteiger partial charge >= 0.3 is 12.3 Å². The van der Waals surface area contributed by atoms with Gasteiger partial charge in [0.1, 0.15) is 22.9 Å². The molecule has 156 valence electrons. The van der Waals surface area contributed by atoms with E-state index in [0.29, 0.717) is 22.8 Å². The van der Waals surface area contributed by atoms with Crippen LogP contribution in [-0.2, 0) is 4.74 Å². The number of carbonyl (C=O) groups excluding carboxylic acids is 1. The third-order valence-electron chi connectivity index (χ3n) is 4.00. The standard InChI is InChI=1S/C19H26F3N3O3/c1-11-16(23)24-14-10-12(7-8-15(14)27-11)13(6-5-9-19(20,21)22)25-17(26)28-18(2,3)4/h7-8,10-11,13H,5-6,9H2,1-4H3,(H2,23,24)(H,25,26)/t11-,13?/m1/s1. The fraction of sp³-hybridized carbons (Fsp3) is 0.579. The molecule has 0 spiro atoms.